The van der Waals surface area contributed by atoms with Crippen molar-refractivity contribution in [3.63, 3.8) is 0 Å². The van der Waals surface area contributed by atoms with E-state index in [0.29, 0.717) is 12.0 Å². The molecule has 2 aromatic carbocycles. The molecule has 0 N–H and O–H groups in total. The lowest BCUT2D eigenvalue weighted by atomic mass is 9.91. The molecular weight excluding hydrogens is 302 g/mol. The van der Waals surface area contributed by atoms with Gasteiger partial charge < -0.3 is 0 Å². The fourth-order valence-corrected chi connectivity index (χ4v) is 3.64. The molecule has 0 amide bonds. The van der Waals surface area contributed by atoms with Gasteiger partial charge in [0.15, 0.2) is 12.3 Å². The van der Waals surface area contributed by atoms with Crippen LogP contribution in [0.2, 0.25) is 0 Å². The summed E-state index contributed by atoms with van der Waals surface area (Å²) in [6.45, 7) is 10.2. The Kier molecular flexibility index (Phi) is 5.53. The number of fused-ring (bicyclic) bond motifs is 1. The smallest absolute Gasteiger partial charge is 0.174 e. The number of unbranched alkanes of at least 4 members (excludes halogenated alkanes) is 1. The minimum absolute atomic E-state index is 0.425. The average molecular weight is 333 g/mol. The van der Waals surface area contributed by atoms with Gasteiger partial charge >= 0.3 is 0 Å². The molecule has 2 aromatic rings. The Balaban J connectivity index is 2.19. The summed E-state index contributed by atoms with van der Waals surface area (Å²) in [6, 6.07) is 18.1. The number of benzene rings is 2. The normalized spacial score (nSPS) is 16.9. The van der Waals surface area contributed by atoms with Gasteiger partial charge in [0, 0.05) is 17.9 Å². The molecule has 1 heterocycles. The van der Waals surface area contributed by atoms with Gasteiger partial charge in [0.2, 0.25) is 0 Å². The number of hydrogen-bond donors (Lipinski definition) is 0. The maximum Gasteiger partial charge on any atom is 0.174 e. The van der Waals surface area contributed by atoms with Gasteiger partial charge in [-0.15, -0.1) is 0 Å². The summed E-state index contributed by atoms with van der Waals surface area (Å²) < 4.78 is 2.55. The Morgan fingerprint density at radius 2 is 1.80 bits per heavy atom. The molecule has 0 aliphatic carbocycles. The Hall–Kier alpha value is -2.15. The van der Waals surface area contributed by atoms with Gasteiger partial charge in [-0.3, -0.25) is 0 Å². The molecule has 1 aliphatic heterocycles. The topological polar surface area (TPSA) is 3.01 Å². The van der Waals surface area contributed by atoms with E-state index in [1.165, 1.54) is 40.7 Å². The quantitative estimate of drug-likeness (QED) is 0.618. The zero-order chi connectivity index (χ0) is 17.8. The summed E-state index contributed by atoms with van der Waals surface area (Å²) in [6.07, 6.45) is 7.35. The summed E-state index contributed by atoms with van der Waals surface area (Å²) in [5.41, 5.74) is 6.69. The molecule has 1 aliphatic rings. The fraction of sp³-hybridized carbons (Fsp3) is 0.375. The minimum Gasteiger partial charge on any atom is -0.229 e. The highest BCUT2D eigenvalue weighted by molar-refractivity contribution is 5.92. The summed E-state index contributed by atoms with van der Waals surface area (Å²) in [4.78, 5) is 0. The number of nitrogens with zero attached hydrogens (tertiary/aromatic N) is 1. The Labute approximate surface area is 152 Å². The molecule has 1 heteroatoms. The second kappa shape index (κ2) is 7.82. The first kappa shape index (κ1) is 17.7. The van der Waals surface area contributed by atoms with E-state index in [2.05, 4.69) is 93.1 Å². The van der Waals surface area contributed by atoms with E-state index in [9.17, 15) is 0 Å². The molecule has 0 saturated heterocycles. The molecule has 1 nitrogen and oxygen atoms in total. The van der Waals surface area contributed by atoms with E-state index in [4.69, 9.17) is 0 Å². The number of hydrogen-bond acceptors (Lipinski definition) is 0. The van der Waals surface area contributed by atoms with Crippen molar-refractivity contribution in [2.75, 3.05) is 6.54 Å². The van der Waals surface area contributed by atoms with Gasteiger partial charge in [-0.2, -0.15) is 0 Å². The van der Waals surface area contributed by atoms with Crippen LogP contribution < -0.4 is 0 Å². The van der Waals surface area contributed by atoms with Gasteiger partial charge in [0.25, 0.3) is 0 Å². The summed E-state index contributed by atoms with van der Waals surface area (Å²) in [7, 11) is 0. The van der Waals surface area contributed by atoms with E-state index in [1.54, 1.807) is 0 Å². The summed E-state index contributed by atoms with van der Waals surface area (Å²) in [5.74, 6) is 0.572. The molecule has 25 heavy (non-hydrogen) atoms. The van der Waals surface area contributed by atoms with Crippen LogP contribution in [0.3, 0.4) is 0 Å². The molecule has 1 atom stereocenters. The average Bonchev–Trinajstić information content (AvgIpc) is 2.77. The maximum absolute atomic E-state index is 2.55. The maximum atomic E-state index is 2.55. The van der Waals surface area contributed by atoms with Crippen molar-refractivity contribution in [2.24, 2.45) is 5.92 Å². The van der Waals surface area contributed by atoms with Crippen LogP contribution >= 0.6 is 0 Å². The first-order chi connectivity index (χ1) is 12.1. The van der Waals surface area contributed by atoms with E-state index < -0.39 is 0 Å². The first-order valence-electron chi connectivity index (χ1n) is 9.59. The zero-order valence-electron chi connectivity index (χ0n) is 16.0. The van der Waals surface area contributed by atoms with Gasteiger partial charge in [-0.25, -0.2) is 4.58 Å². The van der Waals surface area contributed by atoms with Crippen molar-refractivity contribution in [1.29, 1.82) is 0 Å². The molecule has 0 aromatic heterocycles. The molecule has 3 rings (SSSR count). The van der Waals surface area contributed by atoms with Crippen molar-refractivity contribution in [3.8, 4) is 0 Å². The highest BCUT2D eigenvalue weighted by Crippen LogP contribution is 2.31. The SMILES string of the molecule is CCCC[N+]1=Cc2ccc(C)cc2C(c2ccccc2)=CC1C(C)C. The van der Waals surface area contributed by atoms with Crippen molar-refractivity contribution in [1.82, 2.24) is 0 Å². The van der Waals surface area contributed by atoms with Crippen LogP contribution in [0, 0.1) is 12.8 Å². The van der Waals surface area contributed by atoms with Crippen molar-refractivity contribution in [2.45, 2.75) is 46.6 Å². The summed E-state index contributed by atoms with van der Waals surface area (Å²) >= 11 is 0. The number of aryl methyl sites for hydroxylation is 1. The third-order valence-corrected chi connectivity index (χ3v) is 5.06. The van der Waals surface area contributed by atoms with Crippen molar-refractivity contribution < 1.29 is 4.58 Å². The third kappa shape index (κ3) is 3.92. The predicted molar refractivity (Wildman–Crippen MR) is 109 cm³/mol. The van der Waals surface area contributed by atoms with Gasteiger partial charge in [-0.1, -0.05) is 75.2 Å². The molecule has 1 unspecified atom stereocenters. The van der Waals surface area contributed by atoms with E-state index in [0.717, 1.165) is 6.54 Å². The lowest BCUT2D eigenvalue weighted by molar-refractivity contribution is -0.557. The van der Waals surface area contributed by atoms with Crippen molar-refractivity contribution in [3.05, 3.63) is 76.9 Å². The molecule has 130 valence electrons. The van der Waals surface area contributed by atoms with Crippen LogP contribution in [0.4, 0.5) is 0 Å². The second-order valence-corrected chi connectivity index (χ2v) is 7.49. The van der Waals surface area contributed by atoms with Crippen LogP contribution in [0.15, 0.2) is 54.6 Å². The molecular formula is C24H30N+. The molecule has 0 radical (unpaired) electrons. The standard InChI is InChI=1S/C24H30N/c1-5-6-14-25-17-21-13-12-19(4)15-22(21)23(16-24(25)18(2)3)20-10-8-7-9-11-20/h7-13,15-18,24H,5-6,14H2,1-4H3/q+1. The first-order valence-corrected chi connectivity index (χ1v) is 9.59. The van der Waals surface area contributed by atoms with Crippen LogP contribution in [0.1, 0.15) is 55.9 Å². The third-order valence-electron chi connectivity index (χ3n) is 5.06. The predicted octanol–water partition coefficient (Wildman–Crippen LogP) is 5.70. The van der Waals surface area contributed by atoms with E-state index >= 15 is 0 Å². The lowest BCUT2D eigenvalue weighted by Crippen LogP contribution is -2.31. The Bertz CT molecular complexity index is 781. The van der Waals surface area contributed by atoms with Gasteiger partial charge in [0.1, 0.15) is 6.54 Å². The monoisotopic (exact) mass is 332 g/mol. The van der Waals surface area contributed by atoms with E-state index in [-0.39, 0.29) is 0 Å². The molecule has 0 bridgehead atoms. The highest BCUT2D eigenvalue weighted by atomic mass is 15.0. The van der Waals surface area contributed by atoms with Crippen LogP contribution in [-0.2, 0) is 0 Å². The number of rotatable bonds is 5. The van der Waals surface area contributed by atoms with Crippen molar-refractivity contribution >= 4 is 11.8 Å². The Morgan fingerprint density at radius 3 is 2.48 bits per heavy atom. The van der Waals surface area contributed by atoms with Crippen LogP contribution in [-0.4, -0.2) is 23.4 Å². The Morgan fingerprint density at radius 1 is 1.04 bits per heavy atom. The summed E-state index contributed by atoms with van der Waals surface area (Å²) in [5, 5.41) is 0. The van der Waals surface area contributed by atoms with Gasteiger partial charge in [0.05, 0.1) is 0 Å². The molecule has 0 fully saturated rings. The second-order valence-electron chi connectivity index (χ2n) is 7.49. The fourth-order valence-electron chi connectivity index (χ4n) is 3.64. The van der Waals surface area contributed by atoms with Gasteiger partial charge in [-0.05, 0) is 35.8 Å². The van der Waals surface area contributed by atoms with Crippen LogP contribution in [0.25, 0.3) is 5.57 Å². The lowest BCUT2D eigenvalue weighted by Gasteiger charge is -2.16. The molecule has 0 saturated carbocycles. The van der Waals surface area contributed by atoms with E-state index in [1.807, 2.05) is 0 Å². The largest absolute Gasteiger partial charge is 0.229 e. The minimum atomic E-state index is 0.425. The molecule has 0 spiro atoms. The zero-order valence-corrected chi connectivity index (χ0v) is 16.0. The highest BCUT2D eigenvalue weighted by Gasteiger charge is 2.27. The van der Waals surface area contributed by atoms with Crippen LogP contribution in [0.5, 0.6) is 0 Å².